The first-order valence-electron chi connectivity index (χ1n) is 12.7. The topological polar surface area (TPSA) is 52.7 Å². The summed E-state index contributed by atoms with van der Waals surface area (Å²) < 4.78 is 14.4. The minimum absolute atomic E-state index is 0.0891. The van der Waals surface area contributed by atoms with Crippen molar-refractivity contribution in [3.63, 3.8) is 0 Å². The van der Waals surface area contributed by atoms with Crippen LogP contribution in [0.5, 0.6) is 0 Å². The Hall–Kier alpha value is -3.42. The van der Waals surface area contributed by atoms with Gasteiger partial charge in [-0.2, -0.15) is 0 Å². The van der Waals surface area contributed by atoms with Crippen LogP contribution < -0.4 is 10.2 Å². The number of rotatable bonds is 8. The lowest BCUT2D eigenvalue weighted by atomic mass is 10.1. The lowest BCUT2D eigenvalue weighted by Gasteiger charge is -2.30. The van der Waals surface area contributed by atoms with Gasteiger partial charge < -0.3 is 15.1 Å². The molecule has 5 rings (SSSR count). The molecule has 0 aliphatic carbocycles. The number of amides is 2. The van der Waals surface area contributed by atoms with Gasteiger partial charge in [0, 0.05) is 22.6 Å². The van der Waals surface area contributed by atoms with Gasteiger partial charge in [-0.25, -0.2) is 4.39 Å². The van der Waals surface area contributed by atoms with Crippen LogP contribution in [0.15, 0.2) is 82.6 Å². The molecule has 5 nitrogen and oxygen atoms in total. The van der Waals surface area contributed by atoms with Crippen molar-refractivity contribution >= 4 is 35.3 Å². The Balaban J connectivity index is 1.27. The number of hydrogen-bond donors (Lipinski definition) is 1. The summed E-state index contributed by atoms with van der Waals surface area (Å²) in [6.07, 6.45) is 5.32. The van der Waals surface area contributed by atoms with Crippen molar-refractivity contribution in [3.8, 4) is 0 Å². The SMILES string of the molecule is O=C(NCCCN1CCCC1)c1ccc(/C=C2\Sc3ccccc3N(Cc3ccccc3F)C2=O)cc1. The molecule has 37 heavy (non-hydrogen) atoms. The fourth-order valence-corrected chi connectivity index (χ4v) is 5.77. The van der Waals surface area contributed by atoms with Crippen molar-refractivity contribution in [1.29, 1.82) is 0 Å². The fourth-order valence-electron chi connectivity index (χ4n) is 4.71. The minimum atomic E-state index is -0.332. The van der Waals surface area contributed by atoms with E-state index in [1.807, 2.05) is 42.5 Å². The second kappa shape index (κ2) is 11.8. The maximum absolute atomic E-state index is 14.4. The first kappa shape index (κ1) is 25.2. The van der Waals surface area contributed by atoms with Crippen LogP contribution in [-0.4, -0.2) is 42.9 Å². The second-order valence-electron chi connectivity index (χ2n) is 9.34. The summed E-state index contributed by atoms with van der Waals surface area (Å²) in [5.74, 6) is -0.595. The van der Waals surface area contributed by atoms with Gasteiger partial charge in [0.15, 0.2) is 0 Å². The number of carbonyl (C=O) groups is 2. The molecule has 2 heterocycles. The molecule has 7 heteroatoms. The predicted octanol–water partition coefficient (Wildman–Crippen LogP) is 5.72. The molecule has 3 aromatic rings. The maximum Gasteiger partial charge on any atom is 0.265 e. The molecule has 2 aliphatic rings. The number of likely N-dealkylation sites (tertiary alicyclic amines) is 1. The van der Waals surface area contributed by atoms with E-state index in [2.05, 4.69) is 10.2 Å². The largest absolute Gasteiger partial charge is 0.352 e. The van der Waals surface area contributed by atoms with E-state index < -0.39 is 0 Å². The van der Waals surface area contributed by atoms with Crippen LogP contribution in [0.2, 0.25) is 0 Å². The standard InChI is InChI=1S/C30H30FN3O2S/c31-25-9-2-1-8-24(25)21-34-26-10-3-4-11-27(26)37-28(30(34)36)20-22-12-14-23(15-13-22)29(35)32-16-7-19-33-17-5-6-18-33/h1-4,8-15,20H,5-7,16-19,21H2,(H,32,35)/b28-20-. The Labute approximate surface area is 221 Å². The predicted molar refractivity (Wildman–Crippen MR) is 147 cm³/mol. The van der Waals surface area contributed by atoms with Crippen LogP contribution >= 0.6 is 11.8 Å². The Bertz CT molecular complexity index is 1300. The highest BCUT2D eigenvalue weighted by atomic mass is 32.2. The smallest absolute Gasteiger partial charge is 0.265 e. The third-order valence-electron chi connectivity index (χ3n) is 6.72. The molecule has 2 amide bonds. The summed E-state index contributed by atoms with van der Waals surface area (Å²) in [6.45, 7) is 4.16. The van der Waals surface area contributed by atoms with Gasteiger partial charge in [0.05, 0.1) is 17.1 Å². The average molecular weight is 516 g/mol. The van der Waals surface area contributed by atoms with Crippen molar-refractivity contribution in [1.82, 2.24) is 10.2 Å². The first-order chi connectivity index (χ1) is 18.1. The van der Waals surface area contributed by atoms with E-state index in [4.69, 9.17) is 0 Å². The second-order valence-corrected chi connectivity index (χ2v) is 10.4. The number of halogens is 1. The molecule has 1 saturated heterocycles. The summed E-state index contributed by atoms with van der Waals surface area (Å²) in [4.78, 5) is 31.6. The normalized spacial score (nSPS) is 16.7. The third kappa shape index (κ3) is 6.12. The molecule has 3 aromatic carbocycles. The number of thioether (sulfide) groups is 1. The minimum Gasteiger partial charge on any atom is -0.352 e. The van der Waals surface area contributed by atoms with Crippen molar-refractivity contribution in [3.05, 3.63) is 100 Å². The third-order valence-corrected chi connectivity index (χ3v) is 7.80. The zero-order valence-electron chi connectivity index (χ0n) is 20.7. The van der Waals surface area contributed by atoms with Gasteiger partial charge in [-0.1, -0.05) is 54.2 Å². The van der Waals surface area contributed by atoms with Gasteiger partial charge in [-0.3, -0.25) is 9.59 Å². The van der Waals surface area contributed by atoms with Crippen molar-refractivity contribution in [2.24, 2.45) is 0 Å². The van der Waals surface area contributed by atoms with Gasteiger partial charge in [-0.05, 0) is 80.9 Å². The van der Waals surface area contributed by atoms with Crippen molar-refractivity contribution < 1.29 is 14.0 Å². The first-order valence-corrected chi connectivity index (χ1v) is 13.5. The summed E-state index contributed by atoms with van der Waals surface area (Å²) >= 11 is 1.41. The Morgan fingerprint density at radius 2 is 1.70 bits per heavy atom. The van der Waals surface area contributed by atoms with E-state index in [1.165, 1.54) is 30.7 Å². The van der Waals surface area contributed by atoms with Crippen molar-refractivity contribution in [2.75, 3.05) is 31.1 Å². The highest BCUT2D eigenvalue weighted by molar-refractivity contribution is 8.04. The van der Waals surface area contributed by atoms with Gasteiger partial charge in [0.2, 0.25) is 0 Å². The molecule has 0 radical (unpaired) electrons. The Kier molecular flexibility index (Phi) is 8.02. The average Bonchev–Trinajstić information content (AvgIpc) is 3.44. The highest BCUT2D eigenvalue weighted by Crippen LogP contribution is 2.42. The summed E-state index contributed by atoms with van der Waals surface area (Å²) in [6, 6.07) is 21.5. The number of carbonyl (C=O) groups excluding carboxylic acids is 2. The zero-order chi connectivity index (χ0) is 25.6. The van der Waals surface area contributed by atoms with E-state index in [0.717, 1.165) is 42.2 Å². The summed E-state index contributed by atoms with van der Waals surface area (Å²) in [5, 5.41) is 3.00. The number of nitrogens with zero attached hydrogens (tertiary/aromatic N) is 2. The molecular formula is C30H30FN3O2S. The van der Waals surface area contributed by atoms with Crippen LogP contribution in [0.3, 0.4) is 0 Å². The fraction of sp³-hybridized carbons (Fsp3) is 0.267. The van der Waals surface area contributed by atoms with Gasteiger partial charge in [0.25, 0.3) is 11.8 Å². The highest BCUT2D eigenvalue weighted by Gasteiger charge is 2.29. The monoisotopic (exact) mass is 515 g/mol. The molecule has 0 aromatic heterocycles. The molecular weight excluding hydrogens is 485 g/mol. The van der Waals surface area contributed by atoms with Gasteiger partial charge in [-0.15, -0.1) is 0 Å². The van der Waals surface area contributed by atoms with Crippen LogP contribution in [0.25, 0.3) is 6.08 Å². The van der Waals surface area contributed by atoms with E-state index in [9.17, 15) is 14.0 Å². The number of nitrogens with one attached hydrogen (secondary N) is 1. The van der Waals surface area contributed by atoms with E-state index >= 15 is 0 Å². The molecule has 0 atom stereocenters. The number of para-hydroxylation sites is 1. The molecule has 0 unspecified atom stereocenters. The van der Waals surface area contributed by atoms with Crippen LogP contribution in [0, 0.1) is 5.82 Å². The van der Waals surface area contributed by atoms with E-state index in [-0.39, 0.29) is 24.2 Å². The zero-order valence-corrected chi connectivity index (χ0v) is 21.5. The lowest BCUT2D eigenvalue weighted by molar-refractivity contribution is -0.114. The number of anilines is 1. The number of benzene rings is 3. The van der Waals surface area contributed by atoms with E-state index in [0.29, 0.717) is 22.6 Å². The Morgan fingerprint density at radius 3 is 2.49 bits per heavy atom. The van der Waals surface area contributed by atoms with Crippen molar-refractivity contribution in [2.45, 2.75) is 30.7 Å². The molecule has 0 saturated carbocycles. The number of hydrogen-bond acceptors (Lipinski definition) is 4. The van der Waals surface area contributed by atoms with Crippen LogP contribution in [0.1, 0.15) is 40.7 Å². The molecule has 0 spiro atoms. The molecule has 1 fully saturated rings. The summed E-state index contributed by atoms with van der Waals surface area (Å²) in [7, 11) is 0. The van der Waals surface area contributed by atoms with Gasteiger partial charge >= 0.3 is 0 Å². The van der Waals surface area contributed by atoms with Crippen LogP contribution in [-0.2, 0) is 11.3 Å². The maximum atomic E-state index is 14.4. The number of fused-ring (bicyclic) bond motifs is 1. The molecule has 190 valence electrons. The summed E-state index contributed by atoms with van der Waals surface area (Å²) in [5.41, 5.74) is 2.66. The molecule has 2 aliphatic heterocycles. The molecule has 1 N–H and O–H groups in total. The molecule has 0 bridgehead atoms. The van der Waals surface area contributed by atoms with Crippen LogP contribution in [0.4, 0.5) is 10.1 Å². The lowest BCUT2D eigenvalue weighted by Crippen LogP contribution is -2.34. The quantitative estimate of drug-likeness (QED) is 0.308. The Morgan fingerprint density at radius 1 is 0.973 bits per heavy atom. The van der Waals surface area contributed by atoms with Gasteiger partial charge in [0.1, 0.15) is 5.82 Å². The van der Waals surface area contributed by atoms with E-state index in [1.54, 1.807) is 35.2 Å².